The average molecular weight is 273 g/mol. The third-order valence-electron chi connectivity index (χ3n) is 5.55. The van der Waals surface area contributed by atoms with Crippen molar-refractivity contribution in [1.29, 1.82) is 0 Å². The molecule has 1 aromatic carbocycles. The summed E-state index contributed by atoms with van der Waals surface area (Å²) in [5, 5.41) is 0. The Morgan fingerprint density at radius 1 is 1.25 bits per heavy atom. The Hall–Kier alpha value is -1.22. The van der Waals surface area contributed by atoms with Crippen molar-refractivity contribution in [2.45, 2.75) is 38.1 Å². The standard InChI is InChI=1S/C17H27N3/c1-3-14-7-6-10-17(14,13-18)20-12-11-19(2)15-8-4-5-9-16(15)20/h4-5,8-9,14H,3,6-7,10-13,18H2,1-2H3. The molecule has 3 rings (SSSR count). The molecule has 2 aliphatic rings. The predicted octanol–water partition coefficient (Wildman–Crippen LogP) is 2.85. The first-order valence-corrected chi connectivity index (χ1v) is 8.01. The van der Waals surface area contributed by atoms with Gasteiger partial charge in [-0.3, -0.25) is 0 Å². The highest BCUT2D eigenvalue weighted by Crippen LogP contribution is 2.46. The minimum Gasteiger partial charge on any atom is -0.371 e. The topological polar surface area (TPSA) is 32.5 Å². The number of para-hydroxylation sites is 2. The van der Waals surface area contributed by atoms with E-state index in [1.807, 2.05) is 0 Å². The summed E-state index contributed by atoms with van der Waals surface area (Å²) in [6.45, 7) is 5.29. The summed E-state index contributed by atoms with van der Waals surface area (Å²) < 4.78 is 0. The van der Waals surface area contributed by atoms with Gasteiger partial charge in [0.05, 0.1) is 16.9 Å². The van der Waals surface area contributed by atoms with Crippen LogP contribution < -0.4 is 15.5 Å². The van der Waals surface area contributed by atoms with Gasteiger partial charge in [0, 0.05) is 26.7 Å². The molecule has 2 unspecified atom stereocenters. The van der Waals surface area contributed by atoms with Crippen LogP contribution in [-0.2, 0) is 0 Å². The van der Waals surface area contributed by atoms with Gasteiger partial charge in [-0.25, -0.2) is 0 Å². The molecule has 1 heterocycles. The lowest BCUT2D eigenvalue weighted by molar-refractivity contribution is 0.290. The molecule has 0 radical (unpaired) electrons. The number of likely N-dealkylation sites (N-methyl/N-ethyl adjacent to an activating group) is 1. The monoisotopic (exact) mass is 273 g/mol. The summed E-state index contributed by atoms with van der Waals surface area (Å²) in [4.78, 5) is 5.01. The fourth-order valence-corrected chi connectivity index (χ4v) is 4.41. The molecule has 1 aliphatic carbocycles. The lowest BCUT2D eigenvalue weighted by Crippen LogP contribution is -2.59. The maximum atomic E-state index is 6.30. The number of rotatable bonds is 3. The van der Waals surface area contributed by atoms with E-state index in [-0.39, 0.29) is 5.54 Å². The molecular weight excluding hydrogens is 246 g/mol. The Balaban J connectivity index is 2.03. The SMILES string of the molecule is CCC1CCCC1(CN)N1CCN(C)c2ccccc21. The van der Waals surface area contributed by atoms with Gasteiger partial charge in [-0.1, -0.05) is 31.9 Å². The van der Waals surface area contributed by atoms with Crippen molar-refractivity contribution in [2.75, 3.05) is 36.5 Å². The van der Waals surface area contributed by atoms with E-state index in [0.29, 0.717) is 0 Å². The molecule has 0 bridgehead atoms. The van der Waals surface area contributed by atoms with Crippen LogP contribution in [0.1, 0.15) is 32.6 Å². The first-order chi connectivity index (χ1) is 9.73. The fraction of sp³-hybridized carbons (Fsp3) is 0.647. The second-order valence-electron chi connectivity index (χ2n) is 6.37. The van der Waals surface area contributed by atoms with Gasteiger partial charge < -0.3 is 15.5 Å². The molecule has 20 heavy (non-hydrogen) atoms. The third kappa shape index (κ3) is 1.91. The van der Waals surface area contributed by atoms with Gasteiger partial charge in [0.2, 0.25) is 0 Å². The van der Waals surface area contributed by atoms with Crippen LogP contribution in [0.3, 0.4) is 0 Å². The second kappa shape index (κ2) is 5.28. The zero-order valence-electron chi connectivity index (χ0n) is 12.8. The molecule has 0 spiro atoms. The van der Waals surface area contributed by atoms with Crippen LogP contribution in [0.4, 0.5) is 11.4 Å². The normalized spacial score (nSPS) is 29.6. The van der Waals surface area contributed by atoms with Gasteiger partial charge >= 0.3 is 0 Å². The second-order valence-corrected chi connectivity index (χ2v) is 6.37. The van der Waals surface area contributed by atoms with E-state index in [4.69, 9.17) is 5.73 Å². The van der Waals surface area contributed by atoms with Gasteiger partial charge in [0.15, 0.2) is 0 Å². The smallest absolute Gasteiger partial charge is 0.0609 e. The number of fused-ring (bicyclic) bond motifs is 1. The first kappa shape index (κ1) is 13.7. The molecule has 0 saturated heterocycles. The van der Waals surface area contributed by atoms with Gasteiger partial charge in [0.1, 0.15) is 0 Å². The van der Waals surface area contributed by atoms with E-state index in [9.17, 15) is 0 Å². The lowest BCUT2D eigenvalue weighted by Gasteiger charge is -2.50. The maximum absolute atomic E-state index is 6.30. The van der Waals surface area contributed by atoms with Crippen molar-refractivity contribution in [3.05, 3.63) is 24.3 Å². The summed E-state index contributed by atoms with van der Waals surface area (Å²) in [5.41, 5.74) is 9.23. The van der Waals surface area contributed by atoms with Crippen LogP contribution in [0.25, 0.3) is 0 Å². The molecular formula is C17H27N3. The largest absolute Gasteiger partial charge is 0.371 e. The van der Waals surface area contributed by atoms with Crippen molar-refractivity contribution in [3.63, 3.8) is 0 Å². The number of anilines is 2. The Morgan fingerprint density at radius 3 is 2.70 bits per heavy atom. The maximum Gasteiger partial charge on any atom is 0.0609 e. The minimum atomic E-state index is 0.187. The summed E-state index contributed by atoms with van der Waals surface area (Å²) in [7, 11) is 2.19. The van der Waals surface area contributed by atoms with Crippen LogP contribution in [0.15, 0.2) is 24.3 Å². The van der Waals surface area contributed by atoms with Crippen LogP contribution in [0, 0.1) is 5.92 Å². The summed E-state index contributed by atoms with van der Waals surface area (Å²) in [5.74, 6) is 0.740. The summed E-state index contributed by atoms with van der Waals surface area (Å²) >= 11 is 0. The molecule has 1 aliphatic heterocycles. The number of benzene rings is 1. The minimum absolute atomic E-state index is 0.187. The first-order valence-electron chi connectivity index (χ1n) is 8.01. The van der Waals surface area contributed by atoms with Crippen LogP contribution in [0.2, 0.25) is 0 Å². The van der Waals surface area contributed by atoms with Crippen molar-refractivity contribution in [3.8, 4) is 0 Å². The molecule has 1 saturated carbocycles. The van der Waals surface area contributed by atoms with E-state index in [1.165, 1.54) is 37.1 Å². The van der Waals surface area contributed by atoms with E-state index < -0.39 is 0 Å². The Kier molecular flexibility index (Phi) is 3.63. The van der Waals surface area contributed by atoms with Gasteiger partial charge in [-0.15, -0.1) is 0 Å². The van der Waals surface area contributed by atoms with Crippen molar-refractivity contribution in [2.24, 2.45) is 11.7 Å². The molecule has 1 fully saturated rings. The van der Waals surface area contributed by atoms with Gasteiger partial charge in [-0.05, 0) is 30.9 Å². The summed E-state index contributed by atoms with van der Waals surface area (Å²) in [6.07, 6.45) is 5.15. The lowest BCUT2D eigenvalue weighted by atomic mass is 9.82. The number of nitrogens with zero attached hydrogens (tertiary/aromatic N) is 2. The Morgan fingerprint density at radius 2 is 2.00 bits per heavy atom. The van der Waals surface area contributed by atoms with Crippen molar-refractivity contribution in [1.82, 2.24) is 0 Å². The molecule has 2 atom stereocenters. The highest BCUT2D eigenvalue weighted by molar-refractivity contribution is 5.74. The molecule has 0 amide bonds. The zero-order valence-corrected chi connectivity index (χ0v) is 12.8. The van der Waals surface area contributed by atoms with Crippen LogP contribution in [0.5, 0.6) is 0 Å². The van der Waals surface area contributed by atoms with E-state index >= 15 is 0 Å². The average Bonchev–Trinajstić information content (AvgIpc) is 2.92. The van der Waals surface area contributed by atoms with Crippen molar-refractivity contribution >= 4 is 11.4 Å². The van der Waals surface area contributed by atoms with E-state index in [2.05, 4.69) is 48.0 Å². The molecule has 2 N–H and O–H groups in total. The van der Waals surface area contributed by atoms with Crippen LogP contribution >= 0.6 is 0 Å². The highest BCUT2D eigenvalue weighted by atomic mass is 15.3. The quantitative estimate of drug-likeness (QED) is 0.919. The van der Waals surface area contributed by atoms with Gasteiger partial charge in [0.25, 0.3) is 0 Å². The molecule has 3 heteroatoms. The Labute approximate surface area is 122 Å². The van der Waals surface area contributed by atoms with E-state index in [1.54, 1.807) is 0 Å². The highest BCUT2D eigenvalue weighted by Gasteiger charge is 2.46. The summed E-state index contributed by atoms with van der Waals surface area (Å²) in [6, 6.07) is 8.81. The van der Waals surface area contributed by atoms with Crippen LogP contribution in [-0.4, -0.2) is 32.2 Å². The molecule has 110 valence electrons. The fourth-order valence-electron chi connectivity index (χ4n) is 4.41. The molecule has 0 aromatic heterocycles. The third-order valence-corrected chi connectivity index (χ3v) is 5.55. The number of nitrogens with two attached hydrogens (primary N) is 1. The molecule has 3 nitrogen and oxygen atoms in total. The van der Waals surface area contributed by atoms with E-state index in [0.717, 1.165) is 25.6 Å². The number of hydrogen-bond donors (Lipinski definition) is 1. The van der Waals surface area contributed by atoms with Crippen molar-refractivity contribution < 1.29 is 0 Å². The Bertz CT molecular complexity index is 473. The number of hydrogen-bond acceptors (Lipinski definition) is 3. The predicted molar refractivity (Wildman–Crippen MR) is 86.5 cm³/mol. The zero-order chi connectivity index (χ0) is 14.2. The van der Waals surface area contributed by atoms with Gasteiger partial charge in [-0.2, -0.15) is 0 Å². The molecule has 1 aromatic rings.